The molecule has 18 heavy (non-hydrogen) atoms. The van der Waals surface area contributed by atoms with Gasteiger partial charge in [-0.3, -0.25) is 0 Å². The molecule has 1 aromatic rings. The first kappa shape index (κ1) is 14.5. The van der Waals surface area contributed by atoms with Crippen molar-refractivity contribution in [2.75, 3.05) is 12.0 Å². The molecule has 0 aromatic heterocycles. The Morgan fingerprint density at radius 2 is 1.89 bits per heavy atom. The molecule has 100 valence electrons. The molecule has 0 radical (unpaired) electrons. The number of anilines is 1. The average molecular weight is 271 g/mol. The van der Waals surface area contributed by atoms with E-state index in [0.717, 1.165) is 6.26 Å². The van der Waals surface area contributed by atoms with Crippen LogP contribution in [0.2, 0.25) is 0 Å². The van der Waals surface area contributed by atoms with Crippen LogP contribution < -0.4 is 5.73 Å². The Balaban J connectivity index is 3.34. The number of aryl methyl sites for hydroxylation is 1. The topological polar surface area (TPSA) is 86.5 Å². The molecule has 0 bridgehead atoms. The van der Waals surface area contributed by atoms with Crippen LogP contribution in [0, 0.1) is 6.92 Å². The van der Waals surface area contributed by atoms with Gasteiger partial charge in [0.1, 0.15) is 0 Å². The molecule has 2 N–H and O–H groups in total. The van der Waals surface area contributed by atoms with E-state index in [4.69, 9.17) is 10.5 Å². The Morgan fingerprint density at radius 1 is 1.33 bits per heavy atom. The minimum Gasteiger partial charge on any atom is -0.459 e. The summed E-state index contributed by atoms with van der Waals surface area (Å²) in [5.41, 5.74) is 6.52. The fourth-order valence-electron chi connectivity index (χ4n) is 1.56. The summed E-state index contributed by atoms with van der Waals surface area (Å²) in [5, 5.41) is 0. The third-order valence-electron chi connectivity index (χ3n) is 2.31. The summed E-state index contributed by atoms with van der Waals surface area (Å²) in [6.45, 7) is 5.05. The van der Waals surface area contributed by atoms with Crippen LogP contribution in [0.3, 0.4) is 0 Å². The van der Waals surface area contributed by atoms with Gasteiger partial charge in [0, 0.05) is 11.9 Å². The van der Waals surface area contributed by atoms with Crippen molar-refractivity contribution in [3.05, 3.63) is 23.3 Å². The smallest absolute Gasteiger partial charge is 0.340 e. The van der Waals surface area contributed by atoms with E-state index in [9.17, 15) is 13.2 Å². The second-order valence-electron chi connectivity index (χ2n) is 4.43. The number of carbonyl (C=O) groups is 1. The normalized spacial score (nSPS) is 11.6. The third-order valence-corrected chi connectivity index (χ3v) is 3.55. The third kappa shape index (κ3) is 3.22. The highest BCUT2D eigenvalue weighted by Gasteiger charge is 2.19. The maximum Gasteiger partial charge on any atom is 0.340 e. The monoisotopic (exact) mass is 271 g/mol. The molecule has 0 fully saturated rings. The average Bonchev–Trinajstić information content (AvgIpc) is 2.13. The van der Waals surface area contributed by atoms with Crippen LogP contribution in [-0.4, -0.2) is 26.7 Å². The second kappa shape index (κ2) is 4.97. The first-order valence-electron chi connectivity index (χ1n) is 5.44. The van der Waals surface area contributed by atoms with Gasteiger partial charge in [-0.15, -0.1) is 0 Å². The van der Waals surface area contributed by atoms with Crippen molar-refractivity contribution in [1.29, 1.82) is 0 Å². The molecule has 1 aromatic carbocycles. The van der Waals surface area contributed by atoms with Gasteiger partial charge in [-0.05, 0) is 38.5 Å². The van der Waals surface area contributed by atoms with Crippen molar-refractivity contribution < 1.29 is 17.9 Å². The van der Waals surface area contributed by atoms with E-state index in [1.165, 1.54) is 12.1 Å². The Hall–Kier alpha value is -1.56. The van der Waals surface area contributed by atoms with E-state index < -0.39 is 15.8 Å². The molecule has 0 heterocycles. The number of hydrogen-bond donors (Lipinski definition) is 1. The molecule has 1 rings (SSSR count). The van der Waals surface area contributed by atoms with Crippen LogP contribution >= 0.6 is 0 Å². The lowest BCUT2D eigenvalue weighted by molar-refractivity contribution is 0.0379. The Labute approximate surface area is 107 Å². The van der Waals surface area contributed by atoms with Crippen molar-refractivity contribution in [2.45, 2.75) is 31.8 Å². The first-order valence-corrected chi connectivity index (χ1v) is 7.33. The van der Waals surface area contributed by atoms with E-state index in [1.807, 2.05) is 0 Å². The molecule has 0 saturated carbocycles. The highest BCUT2D eigenvalue weighted by atomic mass is 32.2. The number of rotatable bonds is 3. The highest BCUT2D eigenvalue weighted by molar-refractivity contribution is 7.90. The molecule has 0 aliphatic rings. The van der Waals surface area contributed by atoms with Gasteiger partial charge in [0.2, 0.25) is 0 Å². The number of sulfone groups is 1. The second-order valence-corrected chi connectivity index (χ2v) is 6.42. The zero-order valence-corrected chi connectivity index (χ0v) is 11.7. The van der Waals surface area contributed by atoms with Gasteiger partial charge in [0.25, 0.3) is 0 Å². The summed E-state index contributed by atoms with van der Waals surface area (Å²) in [6, 6.07) is 2.73. The summed E-state index contributed by atoms with van der Waals surface area (Å²) in [7, 11) is -3.40. The van der Waals surface area contributed by atoms with Crippen molar-refractivity contribution in [3.63, 3.8) is 0 Å². The standard InChI is InChI=1S/C12H17NO4S/c1-7(2)17-12(14)9-6-11(18(4,15)16)8(3)5-10(9)13/h5-7H,13H2,1-4H3. The minimum absolute atomic E-state index is 0.0784. The van der Waals surface area contributed by atoms with Gasteiger partial charge < -0.3 is 10.5 Å². The molecule has 0 saturated heterocycles. The van der Waals surface area contributed by atoms with Crippen LogP contribution in [0.4, 0.5) is 5.69 Å². The number of ether oxygens (including phenoxy) is 1. The van der Waals surface area contributed by atoms with Crippen LogP contribution in [0.15, 0.2) is 17.0 Å². The van der Waals surface area contributed by atoms with Crippen molar-refractivity contribution in [2.24, 2.45) is 0 Å². The summed E-state index contributed by atoms with van der Waals surface area (Å²) in [6.07, 6.45) is 0.795. The van der Waals surface area contributed by atoms with Crippen LogP contribution in [-0.2, 0) is 14.6 Å². The van der Waals surface area contributed by atoms with Gasteiger partial charge in [-0.1, -0.05) is 0 Å². The lowest BCUT2D eigenvalue weighted by Crippen LogP contribution is -2.15. The Morgan fingerprint density at radius 3 is 2.33 bits per heavy atom. The summed E-state index contributed by atoms with van der Waals surface area (Å²) in [5.74, 6) is -0.618. The molecule has 5 nitrogen and oxygen atoms in total. The number of nitrogens with two attached hydrogens (primary N) is 1. The van der Waals surface area contributed by atoms with Gasteiger partial charge in [-0.25, -0.2) is 13.2 Å². The van der Waals surface area contributed by atoms with Gasteiger partial charge in [0.15, 0.2) is 9.84 Å². The molecule has 0 atom stereocenters. The maximum absolute atomic E-state index is 11.8. The SMILES string of the molecule is Cc1cc(N)c(C(=O)OC(C)C)cc1S(C)(=O)=O. The number of nitrogen functional groups attached to an aromatic ring is 1. The Bertz CT molecular complexity index is 576. The fourth-order valence-corrected chi connectivity index (χ4v) is 2.54. The predicted octanol–water partition coefficient (Wildman–Crippen LogP) is 1.55. The summed E-state index contributed by atoms with van der Waals surface area (Å²) >= 11 is 0. The molecular formula is C12H17NO4S. The zero-order chi connectivity index (χ0) is 14.1. The number of benzene rings is 1. The molecule has 0 aliphatic carbocycles. The highest BCUT2D eigenvalue weighted by Crippen LogP contribution is 2.23. The largest absolute Gasteiger partial charge is 0.459 e. The lowest BCUT2D eigenvalue weighted by Gasteiger charge is -2.12. The first-order chi connectivity index (χ1) is 8.12. The number of esters is 1. The summed E-state index contributed by atoms with van der Waals surface area (Å²) in [4.78, 5) is 11.9. The van der Waals surface area contributed by atoms with E-state index in [2.05, 4.69) is 0 Å². The molecule has 0 spiro atoms. The molecule has 6 heteroatoms. The quantitative estimate of drug-likeness (QED) is 0.665. The predicted molar refractivity (Wildman–Crippen MR) is 69.3 cm³/mol. The van der Waals surface area contributed by atoms with Crippen LogP contribution in [0.25, 0.3) is 0 Å². The van der Waals surface area contributed by atoms with E-state index >= 15 is 0 Å². The fraction of sp³-hybridized carbons (Fsp3) is 0.417. The molecule has 0 amide bonds. The zero-order valence-electron chi connectivity index (χ0n) is 10.9. The van der Waals surface area contributed by atoms with E-state index in [-0.39, 0.29) is 22.3 Å². The lowest BCUT2D eigenvalue weighted by atomic mass is 10.1. The van der Waals surface area contributed by atoms with Crippen LogP contribution in [0.5, 0.6) is 0 Å². The molecule has 0 unspecified atom stereocenters. The van der Waals surface area contributed by atoms with Gasteiger partial charge >= 0.3 is 5.97 Å². The van der Waals surface area contributed by atoms with Gasteiger partial charge in [0.05, 0.1) is 16.6 Å². The molecule has 0 aliphatic heterocycles. The maximum atomic E-state index is 11.8. The summed E-state index contributed by atoms with van der Waals surface area (Å²) < 4.78 is 28.1. The number of carbonyl (C=O) groups excluding carboxylic acids is 1. The Kier molecular flexibility index (Phi) is 4.01. The van der Waals surface area contributed by atoms with Gasteiger partial charge in [-0.2, -0.15) is 0 Å². The van der Waals surface area contributed by atoms with E-state index in [1.54, 1.807) is 20.8 Å². The number of hydrogen-bond acceptors (Lipinski definition) is 5. The van der Waals surface area contributed by atoms with E-state index in [0.29, 0.717) is 5.56 Å². The minimum atomic E-state index is -3.40. The van der Waals surface area contributed by atoms with Crippen molar-refractivity contribution in [1.82, 2.24) is 0 Å². The van der Waals surface area contributed by atoms with Crippen LogP contribution in [0.1, 0.15) is 29.8 Å². The molecular weight excluding hydrogens is 254 g/mol. The van der Waals surface area contributed by atoms with Crippen molar-refractivity contribution in [3.8, 4) is 0 Å². The van der Waals surface area contributed by atoms with Crippen molar-refractivity contribution >= 4 is 21.5 Å².